The molecule has 90 valence electrons. The third-order valence-electron chi connectivity index (χ3n) is 1.90. The number of carboxylic acid groups (broad SMARTS) is 1. The summed E-state index contributed by atoms with van der Waals surface area (Å²) in [6.07, 6.45) is 4.63. The van der Waals surface area contributed by atoms with Gasteiger partial charge in [-0.25, -0.2) is 9.48 Å². The predicted molar refractivity (Wildman–Crippen MR) is 66.5 cm³/mol. The molecule has 5 nitrogen and oxygen atoms in total. The van der Waals surface area contributed by atoms with Crippen LogP contribution in [0.15, 0.2) is 35.9 Å². The average Bonchev–Trinajstić information content (AvgIpc) is 2.67. The van der Waals surface area contributed by atoms with E-state index in [9.17, 15) is 4.79 Å². The van der Waals surface area contributed by atoms with Gasteiger partial charge in [0.25, 0.3) is 0 Å². The van der Waals surface area contributed by atoms with Crippen molar-refractivity contribution in [3.63, 3.8) is 0 Å². The number of rotatable bonds is 4. The number of nitrogens with zero attached hydrogens (tertiary/aromatic N) is 2. The maximum atomic E-state index is 11.0. The number of aromatic carboxylic acids is 1. The third kappa shape index (κ3) is 2.98. The molecule has 0 amide bonds. The molecule has 1 aromatic rings. The fourth-order valence-electron chi connectivity index (χ4n) is 1.17. The molecule has 1 aromatic heterocycles. The molecular weight excluding hydrogens is 242 g/mol. The van der Waals surface area contributed by atoms with Crippen LogP contribution in [0.1, 0.15) is 16.2 Å². The SMILES string of the molecule is C=C/C=C\C(Cl)=C(/N)n1nc(C)cc1C(=O)O. The van der Waals surface area contributed by atoms with Gasteiger partial charge in [-0.2, -0.15) is 5.10 Å². The lowest BCUT2D eigenvalue weighted by molar-refractivity contribution is 0.0687. The fourth-order valence-corrected chi connectivity index (χ4v) is 1.33. The van der Waals surface area contributed by atoms with Crippen molar-refractivity contribution in [2.75, 3.05) is 0 Å². The van der Waals surface area contributed by atoms with Crippen molar-refractivity contribution in [2.45, 2.75) is 6.92 Å². The van der Waals surface area contributed by atoms with E-state index in [-0.39, 0.29) is 16.5 Å². The Labute approximate surface area is 103 Å². The third-order valence-corrected chi connectivity index (χ3v) is 2.22. The molecule has 3 N–H and O–H groups in total. The molecule has 0 radical (unpaired) electrons. The molecule has 17 heavy (non-hydrogen) atoms. The van der Waals surface area contributed by atoms with Crippen LogP contribution in [0.5, 0.6) is 0 Å². The molecule has 1 rings (SSSR count). The van der Waals surface area contributed by atoms with Gasteiger partial charge in [-0.15, -0.1) is 0 Å². The number of halogens is 1. The van der Waals surface area contributed by atoms with Crippen LogP contribution in [0.2, 0.25) is 0 Å². The largest absolute Gasteiger partial charge is 0.477 e. The van der Waals surface area contributed by atoms with E-state index in [2.05, 4.69) is 11.7 Å². The molecule has 0 aliphatic rings. The number of aryl methyl sites for hydroxylation is 1. The first-order valence-corrected chi connectivity index (χ1v) is 5.10. The average molecular weight is 254 g/mol. The number of hydrogen-bond donors (Lipinski definition) is 2. The van der Waals surface area contributed by atoms with E-state index in [0.717, 1.165) is 4.68 Å². The quantitative estimate of drug-likeness (QED) is 0.804. The topological polar surface area (TPSA) is 81.1 Å². The van der Waals surface area contributed by atoms with Crippen LogP contribution in [-0.2, 0) is 0 Å². The molecule has 6 heteroatoms. The number of aromatic nitrogens is 2. The van der Waals surface area contributed by atoms with E-state index in [1.165, 1.54) is 18.2 Å². The monoisotopic (exact) mass is 253 g/mol. The number of carbonyl (C=O) groups is 1. The van der Waals surface area contributed by atoms with Gasteiger partial charge in [0, 0.05) is 0 Å². The van der Waals surface area contributed by atoms with E-state index in [1.54, 1.807) is 13.0 Å². The summed E-state index contributed by atoms with van der Waals surface area (Å²) in [6, 6.07) is 1.41. The Morgan fingerprint density at radius 3 is 2.88 bits per heavy atom. The fraction of sp³-hybridized carbons (Fsp3) is 0.0909. The second-order valence-electron chi connectivity index (χ2n) is 3.22. The van der Waals surface area contributed by atoms with Gasteiger partial charge in [0.15, 0.2) is 5.69 Å². The Morgan fingerprint density at radius 2 is 2.35 bits per heavy atom. The van der Waals surface area contributed by atoms with E-state index in [0.29, 0.717) is 5.69 Å². The Kier molecular flexibility index (Phi) is 4.12. The van der Waals surface area contributed by atoms with Gasteiger partial charge < -0.3 is 10.8 Å². The first kappa shape index (κ1) is 13.1. The van der Waals surface area contributed by atoms with Crippen molar-refractivity contribution in [1.29, 1.82) is 0 Å². The molecule has 0 unspecified atom stereocenters. The van der Waals surface area contributed by atoms with Gasteiger partial charge in [-0.05, 0) is 19.1 Å². The van der Waals surface area contributed by atoms with Crippen molar-refractivity contribution in [3.8, 4) is 0 Å². The molecule has 0 bridgehead atoms. The zero-order chi connectivity index (χ0) is 13.0. The highest BCUT2D eigenvalue weighted by atomic mass is 35.5. The molecule has 0 saturated carbocycles. The summed E-state index contributed by atoms with van der Waals surface area (Å²) < 4.78 is 1.09. The van der Waals surface area contributed by atoms with E-state index >= 15 is 0 Å². The van der Waals surface area contributed by atoms with Gasteiger partial charge >= 0.3 is 5.97 Å². The summed E-state index contributed by atoms with van der Waals surface area (Å²) in [5.41, 5.74) is 6.24. The van der Waals surface area contributed by atoms with Crippen molar-refractivity contribution in [3.05, 3.63) is 47.3 Å². The molecular formula is C11H12ClN3O2. The lowest BCUT2D eigenvalue weighted by atomic mass is 10.3. The molecule has 1 heterocycles. The molecule has 0 aromatic carbocycles. The molecule has 0 saturated heterocycles. The summed E-state index contributed by atoms with van der Waals surface area (Å²) in [4.78, 5) is 11.0. The smallest absolute Gasteiger partial charge is 0.354 e. The lowest BCUT2D eigenvalue weighted by Crippen LogP contribution is -2.15. The maximum absolute atomic E-state index is 11.0. The van der Waals surface area contributed by atoms with Gasteiger partial charge in [0.2, 0.25) is 0 Å². The Bertz CT molecular complexity index is 515. The second-order valence-corrected chi connectivity index (χ2v) is 3.62. The molecule has 0 spiro atoms. The van der Waals surface area contributed by atoms with Crippen molar-refractivity contribution >= 4 is 23.4 Å². The summed E-state index contributed by atoms with van der Waals surface area (Å²) in [5.74, 6) is -1.07. The van der Waals surface area contributed by atoms with Crippen molar-refractivity contribution in [2.24, 2.45) is 5.73 Å². The van der Waals surface area contributed by atoms with E-state index < -0.39 is 5.97 Å². The second kappa shape index (κ2) is 5.36. The predicted octanol–water partition coefficient (Wildman–Crippen LogP) is 1.96. The minimum atomic E-state index is -1.12. The Hall–Kier alpha value is -2.01. The van der Waals surface area contributed by atoms with Gasteiger partial charge in [0.05, 0.1) is 10.7 Å². The minimum Gasteiger partial charge on any atom is -0.477 e. The first-order chi connectivity index (χ1) is 7.97. The van der Waals surface area contributed by atoms with Crippen LogP contribution >= 0.6 is 11.6 Å². The van der Waals surface area contributed by atoms with Crippen molar-refractivity contribution < 1.29 is 9.90 Å². The summed E-state index contributed by atoms with van der Waals surface area (Å²) in [5, 5.41) is 13.1. The summed E-state index contributed by atoms with van der Waals surface area (Å²) in [7, 11) is 0. The normalized spacial score (nSPS) is 12.6. The van der Waals surface area contributed by atoms with Crippen LogP contribution in [0, 0.1) is 6.92 Å². The summed E-state index contributed by atoms with van der Waals surface area (Å²) in [6.45, 7) is 5.16. The van der Waals surface area contributed by atoms with E-state index in [4.69, 9.17) is 22.4 Å². The van der Waals surface area contributed by atoms with Crippen LogP contribution in [-0.4, -0.2) is 20.9 Å². The molecule has 0 aliphatic carbocycles. The zero-order valence-corrected chi connectivity index (χ0v) is 9.98. The number of carboxylic acids is 1. The molecule has 0 atom stereocenters. The van der Waals surface area contributed by atoms with Crippen LogP contribution in [0.4, 0.5) is 0 Å². The lowest BCUT2D eigenvalue weighted by Gasteiger charge is -2.05. The molecule has 0 fully saturated rings. The van der Waals surface area contributed by atoms with Gasteiger partial charge in [0.1, 0.15) is 5.82 Å². The van der Waals surface area contributed by atoms with Crippen molar-refractivity contribution in [1.82, 2.24) is 9.78 Å². The molecule has 0 aliphatic heterocycles. The highest BCUT2D eigenvalue weighted by Crippen LogP contribution is 2.14. The highest BCUT2D eigenvalue weighted by molar-refractivity contribution is 6.33. The Balaban J connectivity index is 3.28. The van der Waals surface area contributed by atoms with Gasteiger partial charge in [-0.1, -0.05) is 30.3 Å². The standard InChI is InChI=1S/C11H12ClN3O2/c1-3-4-5-8(12)10(13)15-9(11(16)17)6-7(2)14-15/h3-6H,1,13H2,2H3,(H,16,17)/b5-4-,10-8-. The van der Waals surface area contributed by atoms with Gasteiger partial charge in [-0.3, -0.25) is 0 Å². The highest BCUT2D eigenvalue weighted by Gasteiger charge is 2.15. The van der Waals surface area contributed by atoms with Crippen LogP contribution in [0.3, 0.4) is 0 Å². The Morgan fingerprint density at radius 1 is 1.71 bits per heavy atom. The summed E-state index contributed by atoms with van der Waals surface area (Å²) >= 11 is 5.90. The van der Waals surface area contributed by atoms with Crippen LogP contribution < -0.4 is 5.73 Å². The number of nitrogens with two attached hydrogens (primary N) is 1. The first-order valence-electron chi connectivity index (χ1n) is 4.72. The number of hydrogen-bond acceptors (Lipinski definition) is 3. The van der Waals surface area contributed by atoms with Crippen LogP contribution in [0.25, 0.3) is 5.82 Å². The maximum Gasteiger partial charge on any atom is 0.354 e. The van der Waals surface area contributed by atoms with E-state index in [1.807, 2.05) is 0 Å². The zero-order valence-electron chi connectivity index (χ0n) is 9.22. The minimum absolute atomic E-state index is 0.0369. The number of allylic oxidation sites excluding steroid dienone is 4.